The molecule has 0 atom stereocenters. The van der Waals surface area contributed by atoms with E-state index in [0.29, 0.717) is 37.5 Å². The third-order valence-electron chi connectivity index (χ3n) is 3.25. The molecule has 1 amide bonds. The molecule has 0 bridgehead atoms. The average molecular weight is 329 g/mol. The van der Waals surface area contributed by atoms with Crippen molar-refractivity contribution >= 4 is 27.5 Å². The highest BCUT2D eigenvalue weighted by Crippen LogP contribution is 2.29. The smallest absolute Gasteiger partial charge is 0.244 e. The molecule has 104 valence electrons. The van der Waals surface area contributed by atoms with Crippen molar-refractivity contribution in [1.29, 1.82) is 0 Å². The number of anilines is 1. The van der Waals surface area contributed by atoms with Crippen molar-refractivity contribution < 1.29 is 14.3 Å². The summed E-state index contributed by atoms with van der Waals surface area (Å²) < 4.78 is 11.3. The second-order valence-electron chi connectivity index (χ2n) is 4.57. The van der Waals surface area contributed by atoms with Gasteiger partial charge in [0, 0.05) is 17.7 Å². The van der Waals surface area contributed by atoms with Gasteiger partial charge >= 0.3 is 0 Å². The molecule has 1 aliphatic rings. The maximum atomic E-state index is 12.3. The summed E-state index contributed by atoms with van der Waals surface area (Å²) >= 11 is 3.37. The molecule has 1 aromatic carbocycles. The number of amides is 1. The van der Waals surface area contributed by atoms with Crippen LogP contribution in [0.3, 0.4) is 0 Å². The molecule has 6 heteroatoms. The molecule has 19 heavy (non-hydrogen) atoms. The fraction of sp³-hybridized carbons (Fsp3) is 0.462. The van der Waals surface area contributed by atoms with Crippen LogP contribution in [0.4, 0.5) is 5.69 Å². The lowest BCUT2D eigenvalue weighted by atomic mass is 9.90. The lowest BCUT2D eigenvalue weighted by molar-refractivity contribution is -0.124. The topological polar surface area (TPSA) is 73.6 Å². The Morgan fingerprint density at radius 2 is 2.16 bits per heavy atom. The molecular formula is C13H17BrN2O3. The zero-order valence-electron chi connectivity index (χ0n) is 10.7. The van der Waals surface area contributed by atoms with Gasteiger partial charge in [-0.3, -0.25) is 4.79 Å². The predicted octanol–water partition coefficient (Wildman–Crippen LogP) is 1.90. The minimum Gasteiger partial charge on any atom is -0.495 e. The quantitative estimate of drug-likeness (QED) is 0.888. The molecule has 0 radical (unpaired) electrons. The number of carbonyl (C=O) groups is 1. The van der Waals surface area contributed by atoms with E-state index in [1.165, 1.54) is 0 Å². The van der Waals surface area contributed by atoms with E-state index >= 15 is 0 Å². The predicted molar refractivity (Wildman–Crippen MR) is 76.3 cm³/mol. The summed E-state index contributed by atoms with van der Waals surface area (Å²) in [6, 6.07) is 5.42. The van der Waals surface area contributed by atoms with E-state index < -0.39 is 5.54 Å². The summed E-state index contributed by atoms with van der Waals surface area (Å²) in [5.41, 5.74) is 5.88. The van der Waals surface area contributed by atoms with Gasteiger partial charge in [0.15, 0.2) is 0 Å². The molecule has 0 saturated carbocycles. The summed E-state index contributed by atoms with van der Waals surface area (Å²) in [6.07, 6.45) is 1.05. The molecule has 5 nitrogen and oxygen atoms in total. The molecule has 0 aromatic heterocycles. The van der Waals surface area contributed by atoms with Crippen molar-refractivity contribution in [2.75, 3.05) is 25.6 Å². The first-order valence-corrected chi connectivity index (χ1v) is 6.86. The van der Waals surface area contributed by atoms with Crippen molar-refractivity contribution in [3.05, 3.63) is 22.7 Å². The largest absolute Gasteiger partial charge is 0.495 e. The number of nitrogens with two attached hydrogens (primary N) is 1. The second-order valence-corrected chi connectivity index (χ2v) is 5.48. The van der Waals surface area contributed by atoms with E-state index in [0.717, 1.165) is 4.47 Å². The van der Waals surface area contributed by atoms with E-state index in [1.807, 2.05) is 6.07 Å². The summed E-state index contributed by atoms with van der Waals surface area (Å²) in [7, 11) is 1.56. The van der Waals surface area contributed by atoms with E-state index in [-0.39, 0.29) is 5.91 Å². The zero-order valence-corrected chi connectivity index (χ0v) is 12.3. The molecule has 1 aliphatic heterocycles. The lowest BCUT2D eigenvalue weighted by Gasteiger charge is -2.31. The molecular weight excluding hydrogens is 312 g/mol. The summed E-state index contributed by atoms with van der Waals surface area (Å²) in [5, 5.41) is 2.84. The number of hydrogen-bond acceptors (Lipinski definition) is 4. The molecule has 0 unspecified atom stereocenters. The number of rotatable bonds is 3. The van der Waals surface area contributed by atoms with Gasteiger partial charge < -0.3 is 20.5 Å². The molecule has 3 N–H and O–H groups in total. The van der Waals surface area contributed by atoms with Gasteiger partial charge in [0.25, 0.3) is 0 Å². The Morgan fingerprint density at radius 1 is 1.47 bits per heavy atom. The number of halogens is 1. The number of hydrogen-bond donors (Lipinski definition) is 2. The van der Waals surface area contributed by atoms with Gasteiger partial charge in [0.05, 0.1) is 12.8 Å². The molecule has 1 saturated heterocycles. The van der Waals surface area contributed by atoms with Crippen LogP contribution < -0.4 is 15.8 Å². The van der Waals surface area contributed by atoms with Crippen LogP contribution in [0.5, 0.6) is 5.75 Å². The molecule has 1 heterocycles. The van der Waals surface area contributed by atoms with E-state index in [1.54, 1.807) is 19.2 Å². The highest BCUT2D eigenvalue weighted by Gasteiger charge is 2.36. The first-order chi connectivity index (χ1) is 9.05. The molecule has 2 rings (SSSR count). The Morgan fingerprint density at radius 3 is 2.79 bits per heavy atom. The van der Waals surface area contributed by atoms with E-state index in [9.17, 15) is 4.79 Å². The maximum Gasteiger partial charge on any atom is 0.244 e. The summed E-state index contributed by atoms with van der Waals surface area (Å²) in [4.78, 5) is 12.3. The molecule has 0 spiro atoms. The minimum atomic E-state index is -0.869. The van der Waals surface area contributed by atoms with E-state index in [2.05, 4.69) is 21.2 Å². The van der Waals surface area contributed by atoms with Crippen LogP contribution in [0.15, 0.2) is 22.7 Å². The van der Waals surface area contributed by atoms with Crippen molar-refractivity contribution in [3.63, 3.8) is 0 Å². The first-order valence-electron chi connectivity index (χ1n) is 6.07. The highest BCUT2D eigenvalue weighted by molar-refractivity contribution is 9.10. The average Bonchev–Trinajstić information content (AvgIpc) is 2.40. The number of nitrogens with one attached hydrogen (secondary N) is 1. The minimum absolute atomic E-state index is 0.202. The summed E-state index contributed by atoms with van der Waals surface area (Å²) in [6.45, 7) is 1.03. The van der Waals surface area contributed by atoms with Crippen molar-refractivity contribution in [3.8, 4) is 5.75 Å². The van der Waals surface area contributed by atoms with Crippen LogP contribution in [0.25, 0.3) is 0 Å². The monoisotopic (exact) mass is 328 g/mol. The Labute approximate surface area is 120 Å². The van der Waals surface area contributed by atoms with Crippen LogP contribution >= 0.6 is 15.9 Å². The standard InChI is InChI=1S/C13H17BrN2O3/c1-18-11-3-2-9(14)8-10(11)16-12(17)13(15)4-6-19-7-5-13/h2-3,8H,4-7,15H2,1H3,(H,16,17). The Hall–Kier alpha value is -1.11. The van der Waals surface area contributed by atoms with Gasteiger partial charge in [-0.05, 0) is 31.0 Å². The van der Waals surface area contributed by atoms with Gasteiger partial charge in [-0.15, -0.1) is 0 Å². The third kappa shape index (κ3) is 3.26. The number of methoxy groups -OCH3 is 1. The van der Waals surface area contributed by atoms with Crippen LogP contribution in [-0.4, -0.2) is 31.8 Å². The lowest BCUT2D eigenvalue weighted by Crippen LogP contribution is -2.54. The first kappa shape index (κ1) is 14.3. The van der Waals surface area contributed by atoms with Gasteiger partial charge in [-0.1, -0.05) is 15.9 Å². The van der Waals surface area contributed by atoms with Crippen LogP contribution in [-0.2, 0) is 9.53 Å². The van der Waals surface area contributed by atoms with Crippen molar-refractivity contribution in [2.45, 2.75) is 18.4 Å². The number of ether oxygens (including phenoxy) is 2. The molecule has 1 fully saturated rings. The third-order valence-corrected chi connectivity index (χ3v) is 3.74. The normalized spacial score (nSPS) is 17.8. The van der Waals surface area contributed by atoms with E-state index in [4.69, 9.17) is 15.2 Å². The summed E-state index contributed by atoms with van der Waals surface area (Å²) in [5.74, 6) is 0.402. The highest BCUT2D eigenvalue weighted by atomic mass is 79.9. The fourth-order valence-corrected chi connectivity index (χ4v) is 2.35. The van der Waals surface area contributed by atoms with Crippen molar-refractivity contribution in [2.24, 2.45) is 5.73 Å². The van der Waals surface area contributed by atoms with Crippen LogP contribution in [0.1, 0.15) is 12.8 Å². The Kier molecular flexibility index (Phi) is 4.44. The van der Waals surface area contributed by atoms with Gasteiger partial charge in [-0.2, -0.15) is 0 Å². The molecule has 0 aliphatic carbocycles. The fourth-order valence-electron chi connectivity index (χ4n) is 1.99. The number of benzene rings is 1. The van der Waals surface area contributed by atoms with Gasteiger partial charge in [0.1, 0.15) is 11.3 Å². The SMILES string of the molecule is COc1ccc(Br)cc1NC(=O)C1(N)CCOCC1. The number of carbonyl (C=O) groups excluding carboxylic acids is 1. The van der Waals surface area contributed by atoms with Crippen LogP contribution in [0.2, 0.25) is 0 Å². The van der Waals surface area contributed by atoms with Gasteiger partial charge in [0.2, 0.25) is 5.91 Å². The van der Waals surface area contributed by atoms with Gasteiger partial charge in [-0.25, -0.2) is 0 Å². The van der Waals surface area contributed by atoms with Crippen LogP contribution in [0, 0.1) is 0 Å². The maximum absolute atomic E-state index is 12.3. The molecule has 1 aromatic rings. The van der Waals surface area contributed by atoms with Crippen molar-refractivity contribution in [1.82, 2.24) is 0 Å². The Bertz CT molecular complexity index is 473. The second kappa shape index (κ2) is 5.90. The zero-order chi connectivity index (χ0) is 13.9. The Balaban J connectivity index is 2.16.